The summed E-state index contributed by atoms with van der Waals surface area (Å²) < 4.78 is 17.6. The number of esters is 2. The van der Waals surface area contributed by atoms with Crippen molar-refractivity contribution in [2.75, 3.05) is 6.61 Å². The maximum Gasteiger partial charge on any atom is 0.337 e. The van der Waals surface area contributed by atoms with Crippen molar-refractivity contribution in [2.45, 2.75) is 58.7 Å². The first-order chi connectivity index (χ1) is 17.0. The van der Waals surface area contributed by atoms with Crippen LogP contribution in [0.4, 0.5) is 0 Å². The average Bonchev–Trinajstić information content (AvgIpc) is 2.79. The summed E-state index contributed by atoms with van der Waals surface area (Å²) in [6.45, 7) is 9.30. The van der Waals surface area contributed by atoms with E-state index in [1.165, 1.54) is 0 Å². The second kappa shape index (κ2) is 10.3. The average molecular weight is 530 g/mol. The van der Waals surface area contributed by atoms with Gasteiger partial charge in [-0.2, -0.15) is 0 Å². The number of fused-ring (bicyclic) bond motifs is 1. The van der Waals surface area contributed by atoms with Gasteiger partial charge < -0.3 is 14.2 Å². The predicted molar refractivity (Wildman–Crippen MR) is 140 cm³/mol. The van der Waals surface area contributed by atoms with Gasteiger partial charge >= 0.3 is 11.9 Å². The molecule has 36 heavy (non-hydrogen) atoms. The Morgan fingerprint density at radius 2 is 1.78 bits per heavy atom. The van der Waals surface area contributed by atoms with Crippen LogP contribution in [0.15, 0.2) is 58.7 Å². The quantitative estimate of drug-likeness (QED) is 0.396. The van der Waals surface area contributed by atoms with Gasteiger partial charge in [0.25, 0.3) is 0 Å². The molecule has 0 N–H and O–H groups in total. The zero-order chi connectivity index (χ0) is 26.2. The van der Waals surface area contributed by atoms with Gasteiger partial charge in [-0.1, -0.05) is 53.5 Å². The number of benzene rings is 2. The molecule has 2 aromatic rings. The zero-order valence-corrected chi connectivity index (χ0v) is 22.4. The van der Waals surface area contributed by atoms with Gasteiger partial charge in [0.1, 0.15) is 23.4 Å². The molecular formula is C28H29Cl2NO5. The molecule has 8 heteroatoms. The van der Waals surface area contributed by atoms with Gasteiger partial charge in [0.05, 0.1) is 22.2 Å². The fourth-order valence-corrected chi connectivity index (χ4v) is 5.39. The number of allylic oxidation sites excluding steroid dienone is 1. The minimum absolute atomic E-state index is 0.190. The van der Waals surface area contributed by atoms with Gasteiger partial charge in [-0.05, 0) is 52.3 Å². The molecule has 0 radical (unpaired) electrons. The summed E-state index contributed by atoms with van der Waals surface area (Å²) in [4.78, 5) is 31.6. The Kier molecular flexibility index (Phi) is 7.48. The van der Waals surface area contributed by atoms with E-state index >= 15 is 0 Å². The first-order valence-electron chi connectivity index (χ1n) is 11.9. The van der Waals surface area contributed by atoms with Crippen molar-refractivity contribution in [1.29, 1.82) is 0 Å². The highest BCUT2D eigenvalue weighted by atomic mass is 35.5. The lowest BCUT2D eigenvalue weighted by molar-refractivity contribution is -0.149. The molecule has 0 spiro atoms. The van der Waals surface area contributed by atoms with Crippen LogP contribution < -0.4 is 4.74 Å². The number of para-hydroxylation sites is 1. The van der Waals surface area contributed by atoms with Crippen molar-refractivity contribution in [3.05, 3.63) is 74.9 Å². The first-order valence-corrected chi connectivity index (χ1v) is 12.6. The van der Waals surface area contributed by atoms with E-state index in [9.17, 15) is 9.59 Å². The van der Waals surface area contributed by atoms with Crippen LogP contribution in [0.3, 0.4) is 0 Å². The topological polar surface area (TPSA) is 74.2 Å². The van der Waals surface area contributed by atoms with Crippen molar-refractivity contribution in [1.82, 2.24) is 0 Å². The van der Waals surface area contributed by atoms with Crippen LogP contribution >= 0.6 is 23.2 Å². The molecule has 0 fully saturated rings. The molecule has 0 saturated carbocycles. The molecule has 0 saturated heterocycles. The Morgan fingerprint density at radius 3 is 2.50 bits per heavy atom. The van der Waals surface area contributed by atoms with Gasteiger partial charge in [0, 0.05) is 29.3 Å². The van der Waals surface area contributed by atoms with Gasteiger partial charge in [0.2, 0.25) is 0 Å². The number of hydrogen-bond acceptors (Lipinski definition) is 6. The Hall–Kier alpha value is -2.83. The van der Waals surface area contributed by atoms with Gasteiger partial charge in [0.15, 0.2) is 0 Å². The van der Waals surface area contributed by atoms with E-state index in [4.69, 9.17) is 37.4 Å². The fraction of sp³-hybridized carbons (Fsp3) is 0.393. The fourth-order valence-electron chi connectivity index (χ4n) is 4.97. The molecule has 2 aliphatic rings. The summed E-state index contributed by atoms with van der Waals surface area (Å²) in [5, 5.41) is 0.589. The van der Waals surface area contributed by atoms with Crippen molar-refractivity contribution >= 4 is 40.9 Å². The van der Waals surface area contributed by atoms with Crippen LogP contribution in [0.1, 0.15) is 64.2 Å². The number of ether oxygens (including phenoxy) is 3. The standard InChI is InChI=1S/C28H29Cl2NO5/c1-6-34-26(32)22-15(2)31-16(3)23(24(22)18-11-9-12-19(29)25(18)30)27(33)35-21-14-28(4,5)36-20-13-8-7-10-17(20)21/h7-13,21-22,24H,6,14H2,1-5H3. The number of nitrogens with zero attached hydrogens (tertiary/aromatic N) is 1. The van der Waals surface area contributed by atoms with E-state index in [1.54, 1.807) is 39.0 Å². The molecular weight excluding hydrogens is 501 g/mol. The van der Waals surface area contributed by atoms with Crippen LogP contribution in [-0.2, 0) is 19.1 Å². The summed E-state index contributed by atoms with van der Waals surface area (Å²) in [7, 11) is 0. The third-order valence-electron chi connectivity index (χ3n) is 6.48. The molecule has 6 nitrogen and oxygen atoms in total. The third-order valence-corrected chi connectivity index (χ3v) is 7.32. The molecule has 3 unspecified atom stereocenters. The highest BCUT2D eigenvalue weighted by molar-refractivity contribution is 6.42. The second-order valence-corrected chi connectivity index (χ2v) is 10.4. The van der Waals surface area contributed by atoms with E-state index in [2.05, 4.69) is 4.99 Å². The van der Waals surface area contributed by atoms with Crippen molar-refractivity contribution in [3.8, 4) is 5.75 Å². The van der Waals surface area contributed by atoms with Crippen molar-refractivity contribution in [3.63, 3.8) is 0 Å². The van der Waals surface area contributed by atoms with Gasteiger partial charge in [-0.3, -0.25) is 9.79 Å². The van der Waals surface area contributed by atoms with Gasteiger partial charge in [-0.25, -0.2) is 4.79 Å². The molecule has 0 bridgehead atoms. The minimum Gasteiger partial charge on any atom is -0.487 e. The minimum atomic E-state index is -0.856. The van der Waals surface area contributed by atoms with E-state index in [1.807, 2.05) is 38.1 Å². The van der Waals surface area contributed by atoms with Crippen LogP contribution in [0.25, 0.3) is 0 Å². The van der Waals surface area contributed by atoms with Crippen LogP contribution in [0.2, 0.25) is 10.0 Å². The van der Waals surface area contributed by atoms with Crippen LogP contribution in [0.5, 0.6) is 5.75 Å². The Morgan fingerprint density at radius 1 is 1.08 bits per heavy atom. The summed E-state index contributed by atoms with van der Waals surface area (Å²) >= 11 is 13.0. The molecule has 2 aliphatic heterocycles. The third kappa shape index (κ3) is 5.02. The largest absolute Gasteiger partial charge is 0.487 e. The highest BCUT2D eigenvalue weighted by Crippen LogP contribution is 2.46. The summed E-state index contributed by atoms with van der Waals surface area (Å²) in [5.74, 6) is -2.02. The van der Waals surface area contributed by atoms with Crippen molar-refractivity contribution < 1.29 is 23.8 Å². The number of halogens is 2. The Bertz CT molecular complexity index is 1270. The molecule has 0 aromatic heterocycles. The molecule has 0 amide bonds. The van der Waals surface area contributed by atoms with E-state index in [0.717, 1.165) is 5.56 Å². The van der Waals surface area contributed by atoms with E-state index < -0.39 is 35.5 Å². The summed E-state index contributed by atoms with van der Waals surface area (Å²) in [5.41, 5.74) is 2.03. The Balaban J connectivity index is 1.80. The molecule has 0 aliphatic carbocycles. The molecule has 2 heterocycles. The summed E-state index contributed by atoms with van der Waals surface area (Å²) in [6, 6.07) is 12.7. The van der Waals surface area contributed by atoms with Gasteiger partial charge in [-0.15, -0.1) is 0 Å². The molecule has 2 aromatic carbocycles. The monoisotopic (exact) mass is 529 g/mol. The number of hydrogen-bond donors (Lipinski definition) is 0. The molecule has 190 valence electrons. The Labute approximate surface area is 221 Å². The van der Waals surface area contributed by atoms with E-state index in [-0.39, 0.29) is 17.2 Å². The maximum atomic E-state index is 13.9. The molecule has 3 atom stereocenters. The number of rotatable bonds is 5. The molecule has 4 rings (SSSR count). The van der Waals surface area contributed by atoms with E-state index in [0.29, 0.717) is 34.2 Å². The number of carbonyl (C=O) groups is 2. The number of carbonyl (C=O) groups excluding carboxylic acids is 2. The highest BCUT2D eigenvalue weighted by Gasteiger charge is 2.45. The second-order valence-electron chi connectivity index (χ2n) is 9.60. The first kappa shape index (κ1) is 26.2. The smallest absolute Gasteiger partial charge is 0.337 e. The maximum absolute atomic E-state index is 13.9. The predicted octanol–water partition coefficient (Wildman–Crippen LogP) is 6.85. The van der Waals surface area contributed by atoms with Crippen molar-refractivity contribution in [2.24, 2.45) is 10.9 Å². The van der Waals surface area contributed by atoms with Crippen LogP contribution in [-0.4, -0.2) is 29.9 Å². The normalized spacial score (nSPS) is 22.8. The zero-order valence-electron chi connectivity index (χ0n) is 20.9. The SMILES string of the molecule is CCOC(=O)C1C(C)=NC(C)=C(C(=O)OC2CC(C)(C)Oc3ccccc32)C1c1cccc(Cl)c1Cl. The summed E-state index contributed by atoms with van der Waals surface area (Å²) in [6.07, 6.45) is -0.0739. The van der Waals surface area contributed by atoms with Crippen LogP contribution in [0, 0.1) is 5.92 Å². The number of aliphatic imine (C=N–C) groups is 1. The lowest BCUT2D eigenvalue weighted by Crippen LogP contribution is -2.39. The lowest BCUT2D eigenvalue weighted by atomic mass is 9.75. The lowest BCUT2D eigenvalue weighted by Gasteiger charge is -2.38.